The molecule has 2 aromatic rings. The van der Waals surface area contributed by atoms with Crippen molar-refractivity contribution in [3.05, 3.63) is 42.7 Å². The highest BCUT2D eigenvalue weighted by atomic mass is 32.2. The maximum absolute atomic E-state index is 11.7. The van der Waals surface area contributed by atoms with Crippen LogP contribution in [0.15, 0.2) is 52.5 Å². The molecule has 0 aliphatic rings. The Hall–Kier alpha value is -1.31. The molecule has 0 saturated heterocycles. The summed E-state index contributed by atoms with van der Waals surface area (Å²) in [7, 11) is -3.43. The molecule has 7 heteroatoms. The number of H-pyrrole nitrogens is 1. The van der Waals surface area contributed by atoms with Gasteiger partial charge in [-0.05, 0) is 12.1 Å². The van der Waals surface area contributed by atoms with Crippen molar-refractivity contribution in [2.45, 2.75) is 9.79 Å². The highest BCUT2D eigenvalue weighted by Crippen LogP contribution is 2.16. The van der Waals surface area contributed by atoms with E-state index in [1.807, 2.05) is 30.3 Å². The molecule has 0 unspecified atom stereocenters. The van der Waals surface area contributed by atoms with Crippen molar-refractivity contribution >= 4 is 21.8 Å². The fourth-order valence-corrected chi connectivity index (χ4v) is 3.19. The van der Waals surface area contributed by atoms with E-state index < -0.39 is 10.0 Å². The van der Waals surface area contributed by atoms with Gasteiger partial charge in [-0.25, -0.2) is 13.1 Å². The molecule has 18 heavy (non-hydrogen) atoms. The van der Waals surface area contributed by atoms with Crippen LogP contribution < -0.4 is 4.72 Å². The molecule has 0 spiro atoms. The second-order valence-corrected chi connectivity index (χ2v) is 6.43. The van der Waals surface area contributed by atoms with Gasteiger partial charge in [-0.2, -0.15) is 5.10 Å². The van der Waals surface area contributed by atoms with Crippen molar-refractivity contribution in [2.24, 2.45) is 0 Å². The number of benzene rings is 1. The zero-order valence-electron chi connectivity index (χ0n) is 9.54. The van der Waals surface area contributed by atoms with Crippen LogP contribution in [0.4, 0.5) is 0 Å². The van der Waals surface area contributed by atoms with Gasteiger partial charge in [0.25, 0.3) is 0 Å². The fourth-order valence-electron chi connectivity index (χ4n) is 1.33. The number of thioether (sulfide) groups is 1. The Bertz CT molecular complexity index is 568. The first-order valence-corrected chi connectivity index (χ1v) is 7.82. The third-order valence-electron chi connectivity index (χ3n) is 2.19. The third-order valence-corrected chi connectivity index (χ3v) is 4.63. The van der Waals surface area contributed by atoms with Crippen LogP contribution in [0.25, 0.3) is 0 Å². The smallest absolute Gasteiger partial charge is 0.243 e. The largest absolute Gasteiger partial charge is 0.284 e. The lowest BCUT2D eigenvalue weighted by molar-refractivity contribution is 0.584. The highest BCUT2D eigenvalue weighted by molar-refractivity contribution is 7.99. The molecular formula is C11H13N3O2S2. The van der Waals surface area contributed by atoms with E-state index in [4.69, 9.17) is 0 Å². The van der Waals surface area contributed by atoms with E-state index in [0.717, 1.165) is 4.90 Å². The van der Waals surface area contributed by atoms with Gasteiger partial charge >= 0.3 is 0 Å². The first-order valence-electron chi connectivity index (χ1n) is 5.35. The summed E-state index contributed by atoms with van der Waals surface area (Å²) in [6, 6.07) is 9.85. The third kappa shape index (κ3) is 3.59. The van der Waals surface area contributed by atoms with E-state index in [1.54, 1.807) is 11.8 Å². The van der Waals surface area contributed by atoms with Gasteiger partial charge in [0.05, 0.1) is 6.20 Å². The quantitative estimate of drug-likeness (QED) is 0.622. The number of aromatic nitrogens is 2. The predicted octanol–water partition coefficient (Wildman–Crippen LogP) is 1.48. The normalized spacial score (nSPS) is 11.6. The Labute approximate surface area is 110 Å². The van der Waals surface area contributed by atoms with Gasteiger partial charge in [0.1, 0.15) is 4.90 Å². The van der Waals surface area contributed by atoms with Gasteiger partial charge < -0.3 is 0 Å². The molecule has 0 fully saturated rings. The number of aromatic amines is 1. The van der Waals surface area contributed by atoms with Crippen LogP contribution in [0.3, 0.4) is 0 Å². The Morgan fingerprint density at radius 1 is 1.28 bits per heavy atom. The van der Waals surface area contributed by atoms with Crippen LogP contribution in [0.1, 0.15) is 0 Å². The van der Waals surface area contributed by atoms with E-state index in [1.165, 1.54) is 12.4 Å². The molecular weight excluding hydrogens is 270 g/mol. The fraction of sp³-hybridized carbons (Fsp3) is 0.182. The Morgan fingerprint density at radius 2 is 2.06 bits per heavy atom. The molecule has 0 radical (unpaired) electrons. The lowest BCUT2D eigenvalue weighted by Crippen LogP contribution is -2.25. The lowest BCUT2D eigenvalue weighted by atomic mass is 10.4. The summed E-state index contributed by atoms with van der Waals surface area (Å²) in [6.07, 6.45) is 2.64. The molecule has 0 bridgehead atoms. The average Bonchev–Trinajstić information content (AvgIpc) is 2.91. The molecule has 1 aromatic carbocycles. The molecule has 1 aromatic heterocycles. The molecule has 0 saturated carbocycles. The standard InChI is InChI=1S/C11H13N3O2S2/c15-18(16,11-8-12-13-9-11)14-6-7-17-10-4-2-1-3-5-10/h1-5,8-9,14H,6-7H2,(H,12,13). The van der Waals surface area contributed by atoms with Crippen molar-refractivity contribution in [1.82, 2.24) is 14.9 Å². The monoisotopic (exact) mass is 283 g/mol. The SMILES string of the molecule is O=S(=O)(NCCSc1ccccc1)c1cn[nH]c1. The minimum absolute atomic E-state index is 0.159. The van der Waals surface area contributed by atoms with E-state index in [9.17, 15) is 8.42 Å². The van der Waals surface area contributed by atoms with E-state index >= 15 is 0 Å². The Balaban J connectivity index is 1.79. The molecule has 0 atom stereocenters. The number of rotatable bonds is 6. The Kier molecular flexibility index (Phi) is 4.40. The highest BCUT2D eigenvalue weighted by Gasteiger charge is 2.13. The van der Waals surface area contributed by atoms with Crippen molar-refractivity contribution in [3.63, 3.8) is 0 Å². The molecule has 0 amide bonds. The van der Waals surface area contributed by atoms with E-state index in [-0.39, 0.29) is 4.90 Å². The zero-order chi connectivity index (χ0) is 12.8. The van der Waals surface area contributed by atoms with Crippen molar-refractivity contribution in [2.75, 3.05) is 12.3 Å². The predicted molar refractivity (Wildman–Crippen MR) is 70.9 cm³/mol. The minimum Gasteiger partial charge on any atom is -0.284 e. The molecule has 1 heterocycles. The van der Waals surface area contributed by atoms with Crippen LogP contribution in [-0.2, 0) is 10.0 Å². The lowest BCUT2D eigenvalue weighted by Gasteiger charge is -2.04. The molecule has 2 N–H and O–H groups in total. The van der Waals surface area contributed by atoms with Gasteiger partial charge in [0.15, 0.2) is 0 Å². The van der Waals surface area contributed by atoms with Gasteiger partial charge in [0, 0.05) is 23.4 Å². The number of hydrogen-bond donors (Lipinski definition) is 2. The zero-order valence-corrected chi connectivity index (χ0v) is 11.2. The number of nitrogens with zero attached hydrogens (tertiary/aromatic N) is 1. The summed E-state index contributed by atoms with van der Waals surface area (Å²) in [4.78, 5) is 1.28. The van der Waals surface area contributed by atoms with Crippen LogP contribution >= 0.6 is 11.8 Å². The number of nitrogens with one attached hydrogen (secondary N) is 2. The van der Waals surface area contributed by atoms with Gasteiger partial charge in [-0.3, -0.25) is 5.10 Å². The van der Waals surface area contributed by atoms with Gasteiger partial charge in [-0.15, -0.1) is 11.8 Å². The first-order chi connectivity index (χ1) is 8.68. The van der Waals surface area contributed by atoms with Crippen LogP contribution in [0.5, 0.6) is 0 Å². The maximum atomic E-state index is 11.7. The van der Waals surface area contributed by atoms with Crippen molar-refractivity contribution < 1.29 is 8.42 Å². The second kappa shape index (κ2) is 6.03. The summed E-state index contributed by atoms with van der Waals surface area (Å²) in [5.74, 6) is 0.682. The average molecular weight is 283 g/mol. The van der Waals surface area contributed by atoms with Crippen LogP contribution in [-0.4, -0.2) is 30.9 Å². The summed E-state index contributed by atoms with van der Waals surface area (Å²) in [6.45, 7) is 0.382. The van der Waals surface area contributed by atoms with Crippen molar-refractivity contribution in [1.29, 1.82) is 0 Å². The number of hydrogen-bond acceptors (Lipinski definition) is 4. The van der Waals surface area contributed by atoms with Crippen LogP contribution in [0, 0.1) is 0 Å². The summed E-state index contributed by atoms with van der Waals surface area (Å²) >= 11 is 1.61. The summed E-state index contributed by atoms with van der Waals surface area (Å²) < 4.78 is 26.0. The summed E-state index contributed by atoms with van der Waals surface area (Å²) in [5.41, 5.74) is 0. The van der Waals surface area contributed by atoms with Gasteiger partial charge in [0.2, 0.25) is 10.0 Å². The first kappa shape index (κ1) is 13.1. The summed E-state index contributed by atoms with van der Waals surface area (Å²) in [5, 5.41) is 6.09. The molecule has 96 valence electrons. The molecule has 0 aliphatic carbocycles. The van der Waals surface area contributed by atoms with E-state index in [0.29, 0.717) is 12.3 Å². The van der Waals surface area contributed by atoms with E-state index in [2.05, 4.69) is 14.9 Å². The maximum Gasteiger partial charge on any atom is 0.243 e. The topological polar surface area (TPSA) is 74.8 Å². The molecule has 0 aliphatic heterocycles. The van der Waals surface area contributed by atoms with Crippen molar-refractivity contribution in [3.8, 4) is 0 Å². The molecule has 5 nitrogen and oxygen atoms in total. The number of sulfonamides is 1. The second-order valence-electron chi connectivity index (χ2n) is 3.49. The van der Waals surface area contributed by atoms with Crippen LogP contribution in [0.2, 0.25) is 0 Å². The Morgan fingerprint density at radius 3 is 2.72 bits per heavy atom. The molecule has 2 rings (SSSR count). The van der Waals surface area contributed by atoms with Gasteiger partial charge in [-0.1, -0.05) is 18.2 Å². The minimum atomic E-state index is -3.43.